The molecule has 0 aromatic heterocycles. The van der Waals surface area contributed by atoms with Crippen LogP contribution in [0.1, 0.15) is 5.56 Å². The van der Waals surface area contributed by atoms with E-state index in [0.717, 1.165) is 23.5 Å². The van der Waals surface area contributed by atoms with Gasteiger partial charge in [-0.1, -0.05) is 12.1 Å². The highest BCUT2D eigenvalue weighted by Gasteiger charge is 2.12. The molecule has 0 saturated heterocycles. The standard InChI is InChI=1S/C23H31NO5/c1-5-6-18-7-12-22(23(15-18)27-4)29-17-19(25)16-24(2)13-14-28-21-10-8-20(26-3)9-11-21/h5,7-12,15,19,25H,1,6,13-14,16-17H2,2-4H3/t19-/m0/s1. The van der Waals surface area contributed by atoms with E-state index in [2.05, 4.69) is 6.58 Å². The van der Waals surface area contributed by atoms with Crippen molar-refractivity contribution in [2.45, 2.75) is 12.5 Å². The summed E-state index contributed by atoms with van der Waals surface area (Å²) in [6.07, 6.45) is 1.98. The minimum atomic E-state index is -0.626. The highest BCUT2D eigenvalue weighted by molar-refractivity contribution is 5.43. The molecule has 6 heteroatoms. The van der Waals surface area contributed by atoms with E-state index in [1.54, 1.807) is 14.2 Å². The van der Waals surface area contributed by atoms with Gasteiger partial charge in [0.1, 0.15) is 30.8 Å². The van der Waals surface area contributed by atoms with Crippen LogP contribution in [0.3, 0.4) is 0 Å². The van der Waals surface area contributed by atoms with E-state index in [4.69, 9.17) is 18.9 Å². The van der Waals surface area contributed by atoms with E-state index in [1.807, 2.05) is 60.5 Å². The Balaban J connectivity index is 1.72. The van der Waals surface area contributed by atoms with Gasteiger partial charge >= 0.3 is 0 Å². The Morgan fingerprint density at radius 1 is 1.00 bits per heavy atom. The normalized spacial score (nSPS) is 11.8. The fourth-order valence-corrected chi connectivity index (χ4v) is 2.81. The number of methoxy groups -OCH3 is 2. The maximum absolute atomic E-state index is 10.3. The number of hydrogen-bond donors (Lipinski definition) is 1. The Morgan fingerprint density at radius 2 is 1.72 bits per heavy atom. The van der Waals surface area contributed by atoms with E-state index in [9.17, 15) is 5.11 Å². The van der Waals surface area contributed by atoms with Crippen molar-refractivity contribution in [2.24, 2.45) is 0 Å². The predicted octanol–water partition coefficient (Wildman–Crippen LogP) is 3.18. The number of allylic oxidation sites excluding steroid dienone is 1. The summed E-state index contributed by atoms with van der Waals surface area (Å²) in [6.45, 7) is 5.61. The molecule has 1 atom stereocenters. The van der Waals surface area contributed by atoms with Crippen molar-refractivity contribution in [3.63, 3.8) is 0 Å². The second-order valence-electron chi connectivity index (χ2n) is 6.73. The van der Waals surface area contributed by atoms with Crippen LogP contribution in [0.5, 0.6) is 23.0 Å². The molecule has 0 spiro atoms. The van der Waals surface area contributed by atoms with Crippen molar-refractivity contribution in [1.82, 2.24) is 4.90 Å². The molecule has 6 nitrogen and oxygen atoms in total. The van der Waals surface area contributed by atoms with Crippen molar-refractivity contribution in [1.29, 1.82) is 0 Å². The van der Waals surface area contributed by atoms with Crippen LogP contribution in [-0.2, 0) is 6.42 Å². The van der Waals surface area contributed by atoms with Gasteiger partial charge in [0.15, 0.2) is 11.5 Å². The van der Waals surface area contributed by atoms with Crippen LogP contribution in [0.4, 0.5) is 0 Å². The lowest BCUT2D eigenvalue weighted by Gasteiger charge is -2.21. The summed E-state index contributed by atoms with van der Waals surface area (Å²) in [5.41, 5.74) is 1.10. The Hall–Kier alpha value is -2.70. The van der Waals surface area contributed by atoms with Gasteiger partial charge < -0.3 is 29.0 Å². The van der Waals surface area contributed by atoms with E-state index in [0.29, 0.717) is 31.2 Å². The first-order valence-corrected chi connectivity index (χ1v) is 9.59. The number of hydrogen-bond acceptors (Lipinski definition) is 6. The zero-order chi connectivity index (χ0) is 21.1. The molecule has 0 unspecified atom stereocenters. The molecule has 29 heavy (non-hydrogen) atoms. The van der Waals surface area contributed by atoms with E-state index in [-0.39, 0.29) is 6.61 Å². The van der Waals surface area contributed by atoms with Gasteiger partial charge in [0.05, 0.1) is 14.2 Å². The molecule has 2 aromatic carbocycles. The van der Waals surface area contributed by atoms with Gasteiger partial charge in [-0.05, 0) is 55.4 Å². The van der Waals surface area contributed by atoms with Crippen molar-refractivity contribution in [3.8, 4) is 23.0 Å². The summed E-state index contributed by atoms with van der Waals surface area (Å²) in [6, 6.07) is 13.2. The van der Waals surface area contributed by atoms with Crippen LogP contribution in [-0.4, -0.2) is 63.7 Å². The zero-order valence-corrected chi connectivity index (χ0v) is 17.5. The van der Waals surface area contributed by atoms with E-state index in [1.165, 1.54) is 0 Å². The Morgan fingerprint density at radius 3 is 2.38 bits per heavy atom. The second kappa shape index (κ2) is 12.0. The van der Waals surface area contributed by atoms with Gasteiger partial charge in [-0.3, -0.25) is 0 Å². The second-order valence-corrected chi connectivity index (χ2v) is 6.73. The minimum Gasteiger partial charge on any atom is -0.497 e. The lowest BCUT2D eigenvalue weighted by molar-refractivity contribution is 0.0712. The fraction of sp³-hybridized carbons (Fsp3) is 0.391. The van der Waals surface area contributed by atoms with Gasteiger partial charge in [-0.25, -0.2) is 0 Å². The summed E-state index contributed by atoms with van der Waals surface area (Å²) < 4.78 is 22.0. The van der Waals surface area contributed by atoms with Gasteiger partial charge in [-0.15, -0.1) is 6.58 Å². The van der Waals surface area contributed by atoms with Crippen LogP contribution in [0.25, 0.3) is 0 Å². The third-order valence-corrected chi connectivity index (χ3v) is 4.36. The molecule has 158 valence electrons. The molecule has 2 aromatic rings. The van der Waals surface area contributed by atoms with E-state index >= 15 is 0 Å². The van der Waals surface area contributed by atoms with Crippen molar-refractivity contribution >= 4 is 0 Å². The maximum Gasteiger partial charge on any atom is 0.161 e. The number of aliphatic hydroxyl groups excluding tert-OH is 1. The van der Waals surface area contributed by atoms with Gasteiger partial charge in [0.2, 0.25) is 0 Å². The van der Waals surface area contributed by atoms with Crippen LogP contribution < -0.4 is 18.9 Å². The van der Waals surface area contributed by atoms with Crippen molar-refractivity contribution in [2.75, 3.05) is 47.6 Å². The third-order valence-electron chi connectivity index (χ3n) is 4.36. The van der Waals surface area contributed by atoms with Crippen LogP contribution in [0, 0.1) is 0 Å². The predicted molar refractivity (Wildman–Crippen MR) is 114 cm³/mol. The molecular weight excluding hydrogens is 370 g/mol. The monoisotopic (exact) mass is 401 g/mol. The molecule has 0 fully saturated rings. The zero-order valence-electron chi connectivity index (χ0n) is 17.5. The summed E-state index contributed by atoms with van der Waals surface area (Å²) in [5.74, 6) is 2.85. The summed E-state index contributed by atoms with van der Waals surface area (Å²) in [5, 5.41) is 10.3. The molecule has 0 bridgehead atoms. The molecule has 0 aliphatic heterocycles. The molecule has 1 N–H and O–H groups in total. The van der Waals surface area contributed by atoms with Crippen molar-refractivity contribution < 1.29 is 24.1 Å². The van der Waals surface area contributed by atoms with E-state index < -0.39 is 6.10 Å². The summed E-state index contributed by atoms with van der Waals surface area (Å²) >= 11 is 0. The minimum absolute atomic E-state index is 0.181. The Kier molecular flexibility index (Phi) is 9.34. The third kappa shape index (κ3) is 7.68. The highest BCUT2D eigenvalue weighted by Crippen LogP contribution is 2.28. The van der Waals surface area contributed by atoms with Crippen molar-refractivity contribution in [3.05, 3.63) is 60.7 Å². The summed E-state index contributed by atoms with van der Waals surface area (Å²) in [4.78, 5) is 2.00. The molecule has 0 heterocycles. The van der Waals surface area contributed by atoms with Crippen LogP contribution >= 0.6 is 0 Å². The topological polar surface area (TPSA) is 60.4 Å². The van der Waals surface area contributed by atoms with Gasteiger partial charge in [0.25, 0.3) is 0 Å². The average Bonchev–Trinajstić information content (AvgIpc) is 2.73. The molecule has 0 radical (unpaired) electrons. The molecule has 0 amide bonds. The molecule has 0 saturated carbocycles. The first-order valence-electron chi connectivity index (χ1n) is 9.59. The average molecular weight is 402 g/mol. The SMILES string of the molecule is C=CCc1ccc(OC[C@@H](O)CN(C)CCOc2ccc(OC)cc2)c(OC)c1. The molecule has 0 aliphatic rings. The van der Waals surface area contributed by atoms with Gasteiger partial charge in [-0.2, -0.15) is 0 Å². The number of likely N-dealkylation sites (N-methyl/N-ethyl adjacent to an activating group) is 1. The maximum atomic E-state index is 10.3. The molecule has 2 rings (SSSR count). The number of rotatable bonds is 13. The number of aliphatic hydroxyl groups is 1. The quantitative estimate of drug-likeness (QED) is 0.520. The van der Waals surface area contributed by atoms with Gasteiger partial charge in [0, 0.05) is 13.1 Å². The number of benzene rings is 2. The first kappa shape index (κ1) is 22.6. The first-order chi connectivity index (χ1) is 14.0. The molecule has 0 aliphatic carbocycles. The Bertz CT molecular complexity index is 747. The number of ether oxygens (including phenoxy) is 4. The van der Waals surface area contributed by atoms with Crippen LogP contribution in [0.15, 0.2) is 55.1 Å². The molecular formula is C23H31NO5. The fourth-order valence-electron chi connectivity index (χ4n) is 2.81. The largest absolute Gasteiger partial charge is 0.497 e. The lowest BCUT2D eigenvalue weighted by atomic mass is 10.1. The highest BCUT2D eigenvalue weighted by atomic mass is 16.5. The summed E-state index contributed by atoms with van der Waals surface area (Å²) in [7, 11) is 5.17. The lowest BCUT2D eigenvalue weighted by Crippen LogP contribution is -2.35. The van der Waals surface area contributed by atoms with Crippen LogP contribution in [0.2, 0.25) is 0 Å². The Labute approximate surface area is 173 Å². The number of nitrogens with zero attached hydrogens (tertiary/aromatic N) is 1. The smallest absolute Gasteiger partial charge is 0.161 e.